The van der Waals surface area contributed by atoms with Gasteiger partial charge >= 0.3 is 12.1 Å². The highest BCUT2D eigenvalue weighted by molar-refractivity contribution is 5.98. The molecule has 0 unspecified atom stereocenters. The van der Waals surface area contributed by atoms with E-state index in [0.717, 1.165) is 43.5 Å². The van der Waals surface area contributed by atoms with Crippen LogP contribution >= 0.6 is 0 Å². The van der Waals surface area contributed by atoms with E-state index in [-0.39, 0.29) is 18.4 Å². The van der Waals surface area contributed by atoms with E-state index in [1.54, 1.807) is 70.7 Å². The Kier molecular flexibility index (Phi) is 11.1. The normalized spacial score (nSPS) is 20.1. The van der Waals surface area contributed by atoms with Gasteiger partial charge in [0.1, 0.15) is 17.2 Å². The van der Waals surface area contributed by atoms with Crippen molar-refractivity contribution in [1.82, 2.24) is 10.2 Å². The average Bonchev–Trinajstić information content (AvgIpc) is 2.96. The number of amides is 3. The number of hydrogen-bond donors (Lipinski definition) is 3. The van der Waals surface area contributed by atoms with Gasteiger partial charge in [-0.25, -0.2) is 9.59 Å². The lowest BCUT2D eigenvalue weighted by Crippen LogP contribution is -2.54. The molecule has 1 saturated carbocycles. The number of nitrogens with one attached hydrogen (secondary N) is 2. The maximum atomic E-state index is 13.4. The molecule has 1 atom stereocenters. The molecule has 46 heavy (non-hydrogen) atoms. The number of nitrogens with zero attached hydrogens (tertiary/aromatic N) is 2. The van der Waals surface area contributed by atoms with Crippen molar-refractivity contribution in [3.8, 4) is 0 Å². The SMILES string of the molecule is CC(C)(C)OC(=O)N[C@@H](Cc1ccc(N2CCN(C3CCC(O)CC3)CC2=O)cc1)C(=O)Nc1ccc(C(=O)OC(C)(C)C)cc1. The van der Waals surface area contributed by atoms with Crippen molar-refractivity contribution in [2.24, 2.45) is 0 Å². The molecular formula is C35H48N4O7. The second-order valence-corrected chi connectivity index (χ2v) is 14.1. The molecular weight excluding hydrogens is 588 g/mol. The number of hydrogen-bond acceptors (Lipinski definition) is 8. The van der Waals surface area contributed by atoms with Crippen LogP contribution < -0.4 is 15.5 Å². The summed E-state index contributed by atoms with van der Waals surface area (Å²) in [5.74, 6) is -0.889. The first-order valence-corrected chi connectivity index (χ1v) is 16.0. The minimum atomic E-state index is -0.967. The molecule has 1 aliphatic heterocycles. The predicted molar refractivity (Wildman–Crippen MR) is 176 cm³/mol. The van der Waals surface area contributed by atoms with Crippen molar-refractivity contribution in [3.05, 3.63) is 59.7 Å². The van der Waals surface area contributed by atoms with Crippen LogP contribution in [-0.4, -0.2) is 82.9 Å². The van der Waals surface area contributed by atoms with Crippen molar-refractivity contribution >= 4 is 35.3 Å². The summed E-state index contributed by atoms with van der Waals surface area (Å²) in [7, 11) is 0. The van der Waals surface area contributed by atoms with E-state index in [9.17, 15) is 24.3 Å². The van der Waals surface area contributed by atoms with Gasteiger partial charge in [0.05, 0.1) is 18.2 Å². The largest absolute Gasteiger partial charge is 0.456 e. The molecule has 2 aromatic carbocycles. The van der Waals surface area contributed by atoms with Crippen LogP contribution in [0.2, 0.25) is 0 Å². The number of aliphatic hydroxyl groups excluding tert-OH is 1. The molecule has 1 saturated heterocycles. The molecule has 3 amide bonds. The van der Waals surface area contributed by atoms with Crippen molar-refractivity contribution in [1.29, 1.82) is 0 Å². The number of benzene rings is 2. The topological polar surface area (TPSA) is 138 Å². The quantitative estimate of drug-likeness (QED) is 0.356. The zero-order valence-corrected chi connectivity index (χ0v) is 27.8. The van der Waals surface area contributed by atoms with Crippen LogP contribution in [0.5, 0.6) is 0 Å². The fraction of sp³-hybridized carbons (Fsp3) is 0.543. The van der Waals surface area contributed by atoms with Gasteiger partial charge in [0.25, 0.3) is 0 Å². The van der Waals surface area contributed by atoms with Crippen LogP contribution in [0, 0.1) is 0 Å². The van der Waals surface area contributed by atoms with Gasteiger partial charge in [0, 0.05) is 36.9 Å². The highest BCUT2D eigenvalue weighted by Gasteiger charge is 2.32. The summed E-state index contributed by atoms with van der Waals surface area (Å²) in [4.78, 5) is 55.6. The molecule has 2 fully saturated rings. The third-order valence-electron chi connectivity index (χ3n) is 7.92. The number of esters is 1. The van der Waals surface area contributed by atoms with Crippen LogP contribution in [-0.2, 0) is 25.5 Å². The number of carbonyl (C=O) groups is 4. The Bertz CT molecular complexity index is 1370. The van der Waals surface area contributed by atoms with Gasteiger partial charge in [-0.2, -0.15) is 0 Å². The number of anilines is 2. The van der Waals surface area contributed by atoms with Crippen LogP contribution in [0.15, 0.2) is 48.5 Å². The van der Waals surface area contributed by atoms with Crippen molar-refractivity contribution < 1.29 is 33.8 Å². The third-order valence-corrected chi connectivity index (χ3v) is 7.92. The summed E-state index contributed by atoms with van der Waals surface area (Å²) < 4.78 is 10.8. The van der Waals surface area contributed by atoms with E-state index in [1.807, 2.05) is 24.3 Å². The molecule has 0 spiro atoms. The van der Waals surface area contributed by atoms with Gasteiger partial charge in [-0.3, -0.25) is 14.5 Å². The number of aliphatic hydroxyl groups is 1. The highest BCUT2D eigenvalue weighted by Crippen LogP contribution is 2.26. The van der Waals surface area contributed by atoms with Crippen molar-refractivity contribution in [3.63, 3.8) is 0 Å². The summed E-state index contributed by atoms with van der Waals surface area (Å²) in [6.45, 7) is 12.3. The van der Waals surface area contributed by atoms with Gasteiger partial charge in [-0.15, -0.1) is 0 Å². The van der Waals surface area contributed by atoms with Crippen LogP contribution in [0.25, 0.3) is 0 Å². The van der Waals surface area contributed by atoms with E-state index in [1.165, 1.54) is 0 Å². The predicted octanol–water partition coefficient (Wildman–Crippen LogP) is 4.67. The summed E-state index contributed by atoms with van der Waals surface area (Å²) >= 11 is 0. The van der Waals surface area contributed by atoms with Crippen molar-refractivity contribution in [2.75, 3.05) is 29.9 Å². The maximum absolute atomic E-state index is 13.4. The molecule has 11 heteroatoms. The zero-order chi connectivity index (χ0) is 33.6. The Morgan fingerprint density at radius 3 is 2.04 bits per heavy atom. The lowest BCUT2D eigenvalue weighted by Gasteiger charge is -2.41. The van der Waals surface area contributed by atoms with E-state index in [2.05, 4.69) is 15.5 Å². The second-order valence-electron chi connectivity index (χ2n) is 14.1. The summed E-state index contributed by atoms with van der Waals surface area (Å²) in [6, 6.07) is 13.1. The minimum absolute atomic E-state index is 0.0339. The monoisotopic (exact) mass is 636 g/mol. The van der Waals surface area contributed by atoms with Gasteiger partial charge in [-0.05, 0) is 109 Å². The lowest BCUT2D eigenvalue weighted by atomic mass is 9.91. The Morgan fingerprint density at radius 2 is 1.48 bits per heavy atom. The maximum Gasteiger partial charge on any atom is 0.408 e. The average molecular weight is 637 g/mol. The molecule has 0 radical (unpaired) electrons. The summed E-state index contributed by atoms with van der Waals surface area (Å²) in [5.41, 5.74) is 0.980. The van der Waals surface area contributed by atoms with Crippen LogP contribution in [0.4, 0.5) is 16.2 Å². The molecule has 1 heterocycles. The Labute approximate surface area is 271 Å². The standard InChI is InChI=1S/C35H48N4O7/c1-34(2,3)45-32(43)24-9-11-25(12-10-24)36-31(42)29(37-33(44)46-35(4,5)6)21-23-7-13-27(14-8-23)39-20-19-38(22-30(39)41)26-15-17-28(40)18-16-26/h7-14,26,28-29,40H,15-22H2,1-6H3,(H,36,42)(H,37,44)/t26?,28?,29-/m0/s1. The van der Waals surface area contributed by atoms with Gasteiger partial charge in [0.15, 0.2) is 0 Å². The van der Waals surface area contributed by atoms with E-state index in [4.69, 9.17) is 9.47 Å². The van der Waals surface area contributed by atoms with E-state index >= 15 is 0 Å². The minimum Gasteiger partial charge on any atom is -0.456 e. The molecule has 2 aliphatic rings. The first-order valence-electron chi connectivity index (χ1n) is 16.0. The molecule has 4 rings (SSSR count). The molecule has 1 aliphatic carbocycles. The Hall–Kier alpha value is -3.96. The Morgan fingerprint density at radius 1 is 0.870 bits per heavy atom. The smallest absolute Gasteiger partial charge is 0.408 e. The number of alkyl carbamates (subject to hydrolysis) is 1. The molecule has 250 valence electrons. The number of ether oxygens (including phenoxy) is 2. The summed E-state index contributed by atoms with van der Waals surface area (Å²) in [6.07, 6.45) is 2.61. The molecule has 3 N–H and O–H groups in total. The molecule has 11 nitrogen and oxygen atoms in total. The highest BCUT2D eigenvalue weighted by atomic mass is 16.6. The first-order chi connectivity index (χ1) is 21.6. The fourth-order valence-electron chi connectivity index (χ4n) is 5.66. The summed E-state index contributed by atoms with van der Waals surface area (Å²) in [5, 5.41) is 15.3. The zero-order valence-electron chi connectivity index (χ0n) is 27.8. The van der Waals surface area contributed by atoms with Gasteiger partial charge < -0.3 is 30.1 Å². The third kappa shape index (κ3) is 10.3. The Balaban J connectivity index is 1.41. The van der Waals surface area contributed by atoms with Crippen LogP contribution in [0.1, 0.15) is 83.1 Å². The van der Waals surface area contributed by atoms with Gasteiger partial charge in [-0.1, -0.05) is 12.1 Å². The van der Waals surface area contributed by atoms with Crippen LogP contribution in [0.3, 0.4) is 0 Å². The molecule has 2 aromatic rings. The fourth-order valence-corrected chi connectivity index (χ4v) is 5.66. The van der Waals surface area contributed by atoms with Crippen molar-refractivity contribution in [2.45, 2.75) is 103 Å². The number of carbonyl (C=O) groups excluding carboxylic acids is 4. The van der Waals surface area contributed by atoms with Gasteiger partial charge in [0.2, 0.25) is 11.8 Å². The second kappa shape index (κ2) is 14.6. The molecule has 0 aromatic heterocycles. The lowest BCUT2D eigenvalue weighted by molar-refractivity contribution is -0.122. The number of piperazine rings is 1. The molecule has 0 bridgehead atoms. The van der Waals surface area contributed by atoms with E-state index in [0.29, 0.717) is 30.4 Å². The number of rotatable bonds is 8. The first kappa shape index (κ1) is 34.9. The van der Waals surface area contributed by atoms with E-state index < -0.39 is 35.2 Å².